The van der Waals surface area contributed by atoms with E-state index in [4.69, 9.17) is 0 Å². The van der Waals surface area contributed by atoms with Crippen LogP contribution in [-0.4, -0.2) is 26.4 Å². The first-order valence-corrected chi connectivity index (χ1v) is 7.97. The van der Waals surface area contributed by atoms with Gasteiger partial charge < -0.3 is 14.3 Å². The smallest absolute Gasteiger partial charge is 0.252 e. The molecule has 0 aliphatic rings. The lowest BCUT2D eigenvalue weighted by atomic mass is 10.3. The van der Waals surface area contributed by atoms with Gasteiger partial charge in [-0.25, -0.2) is 4.98 Å². The van der Waals surface area contributed by atoms with E-state index < -0.39 is 0 Å². The van der Waals surface area contributed by atoms with E-state index in [0.717, 1.165) is 22.4 Å². The van der Waals surface area contributed by atoms with E-state index in [1.165, 1.54) is 0 Å². The van der Waals surface area contributed by atoms with Crippen molar-refractivity contribution in [3.63, 3.8) is 0 Å². The number of carbonyl (C=O) groups is 1. The first-order chi connectivity index (χ1) is 11.7. The summed E-state index contributed by atoms with van der Waals surface area (Å²) in [5.74, 6) is 0.913. The summed E-state index contributed by atoms with van der Waals surface area (Å²) in [7, 11) is 2.01. The molecule has 0 saturated heterocycles. The van der Waals surface area contributed by atoms with Crippen LogP contribution in [0, 0.1) is 0 Å². The standard InChI is InChI=1S/C19H18N4O/c1-22-17-8-3-2-7-16(17)21-18(22)9-10-20-19(24)14-12-15-6-4-5-11-23(15)13-14/h2-8,11-13H,9-10H2,1H3,(H,20,24). The molecule has 3 heterocycles. The number of amides is 1. The molecular formula is C19H18N4O. The first kappa shape index (κ1) is 14.5. The van der Waals surface area contributed by atoms with E-state index in [1.54, 1.807) is 0 Å². The molecule has 0 atom stereocenters. The van der Waals surface area contributed by atoms with Crippen LogP contribution in [0.2, 0.25) is 0 Å². The summed E-state index contributed by atoms with van der Waals surface area (Å²) in [5.41, 5.74) is 3.78. The van der Waals surface area contributed by atoms with E-state index in [1.807, 2.05) is 66.3 Å². The average molecular weight is 318 g/mol. The number of benzene rings is 1. The fourth-order valence-electron chi connectivity index (χ4n) is 2.99. The van der Waals surface area contributed by atoms with Crippen LogP contribution in [0.3, 0.4) is 0 Å². The highest BCUT2D eigenvalue weighted by Gasteiger charge is 2.10. The predicted molar refractivity (Wildman–Crippen MR) is 94.1 cm³/mol. The Morgan fingerprint density at radius 2 is 2.00 bits per heavy atom. The van der Waals surface area contributed by atoms with Crippen molar-refractivity contribution in [2.45, 2.75) is 6.42 Å². The van der Waals surface area contributed by atoms with Crippen LogP contribution in [0.15, 0.2) is 60.9 Å². The van der Waals surface area contributed by atoms with Crippen LogP contribution in [0.5, 0.6) is 0 Å². The molecule has 0 radical (unpaired) electrons. The number of aromatic nitrogens is 3. The van der Waals surface area contributed by atoms with E-state index in [2.05, 4.69) is 20.9 Å². The Morgan fingerprint density at radius 1 is 1.17 bits per heavy atom. The normalized spacial score (nSPS) is 11.2. The second kappa shape index (κ2) is 5.85. The highest BCUT2D eigenvalue weighted by molar-refractivity contribution is 5.95. The molecule has 0 aliphatic carbocycles. The Kier molecular flexibility index (Phi) is 3.54. The lowest BCUT2D eigenvalue weighted by Crippen LogP contribution is -2.26. The molecule has 0 aliphatic heterocycles. The molecule has 24 heavy (non-hydrogen) atoms. The molecule has 0 spiro atoms. The quantitative estimate of drug-likeness (QED) is 0.629. The third-order valence-corrected chi connectivity index (χ3v) is 4.28. The van der Waals surface area contributed by atoms with E-state index in [9.17, 15) is 4.79 Å². The summed E-state index contributed by atoms with van der Waals surface area (Å²) in [6, 6.07) is 15.8. The molecule has 0 unspecified atom stereocenters. The molecule has 3 aromatic heterocycles. The molecule has 0 fully saturated rings. The van der Waals surface area contributed by atoms with Crippen molar-refractivity contribution >= 4 is 22.5 Å². The summed E-state index contributed by atoms with van der Waals surface area (Å²) in [5, 5.41) is 2.97. The Morgan fingerprint density at radius 3 is 2.83 bits per heavy atom. The lowest BCUT2D eigenvalue weighted by molar-refractivity contribution is 0.0954. The molecule has 120 valence electrons. The zero-order chi connectivity index (χ0) is 16.5. The molecule has 4 rings (SSSR count). The topological polar surface area (TPSA) is 51.3 Å². The van der Waals surface area contributed by atoms with Gasteiger partial charge in [0.25, 0.3) is 5.91 Å². The van der Waals surface area contributed by atoms with Crippen molar-refractivity contribution in [1.82, 2.24) is 19.3 Å². The monoisotopic (exact) mass is 318 g/mol. The third-order valence-electron chi connectivity index (χ3n) is 4.28. The zero-order valence-corrected chi connectivity index (χ0v) is 13.4. The number of hydrogen-bond donors (Lipinski definition) is 1. The molecular weight excluding hydrogens is 300 g/mol. The summed E-state index contributed by atoms with van der Waals surface area (Å²) < 4.78 is 4.02. The Labute approximate surface area is 139 Å². The average Bonchev–Trinajstić information content (AvgIpc) is 3.17. The van der Waals surface area contributed by atoms with E-state index in [0.29, 0.717) is 18.5 Å². The van der Waals surface area contributed by atoms with Gasteiger partial charge in [-0.05, 0) is 30.3 Å². The highest BCUT2D eigenvalue weighted by Crippen LogP contribution is 2.14. The molecule has 5 heteroatoms. The number of imidazole rings is 1. The van der Waals surface area contributed by atoms with Crippen LogP contribution in [0.4, 0.5) is 0 Å². The number of fused-ring (bicyclic) bond motifs is 2. The summed E-state index contributed by atoms with van der Waals surface area (Å²) in [6.45, 7) is 0.558. The fourth-order valence-corrected chi connectivity index (χ4v) is 2.99. The molecule has 0 bridgehead atoms. The largest absolute Gasteiger partial charge is 0.352 e. The number of nitrogens with zero attached hydrogens (tertiary/aromatic N) is 3. The van der Waals surface area contributed by atoms with Crippen molar-refractivity contribution < 1.29 is 4.79 Å². The molecule has 0 saturated carbocycles. The summed E-state index contributed by atoms with van der Waals surface area (Å²) in [6.07, 6.45) is 4.48. The number of para-hydroxylation sites is 2. The van der Waals surface area contributed by atoms with Gasteiger partial charge in [0.2, 0.25) is 0 Å². The summed E-state index contributed by atoms with van der Waals surface area (Å²) in [4.78, 5) is 16.9. The number of aryl methyl sites for hydroxylation is 1. The maximum atomic E-state index is 12.3. The Hall–Kier alpha value is -3.08. The number of pyridine rings is 1. The third kappa shape index (κ3) is 2.54. The van der Waals surface area contributed by atoms with Gasteiger partial charge in [0.1, 0.15) is 5.82 Å². The second-order valence-corrected chi connectivity index (χ2v) is 5.84. The van der Waals surface area contributed by atoms with Gasteiger partial charge in [-0.1, -0.05) is 18.2 Å². The zero-order valence-electron chi connectivity index (χ0n) is 13.4. The van der Waals surface area contributed by atoms with Crippen molar-refractivity contribution in [3.05, 3.63) is 72.3 Å². The minimum atomic E-state index is -0.0579. The van der Waals surface area contributed by atoms with E-state index >= 15 is 0 Å². The first-order valence-electron chi connectivity index (χ1n) is 7.97. The molecule has 1 amide bonds. The van der Waals surface area contributed by atoms with E-state index in [-0.39, 0.29) is 5.91 Å². The maximum Gasteiger partial charge on any atom is 0.252 e. The molecule has 1 N–H and O–H groups in total. The van der Waals surface area contributed by atoms with Crippen LogP contribution in [0.1, 0.15) is 16.2 Å². The number of nitrogens with one attached hydrogen (secondary N) is 1. The molecule has 5 nitrogen and oxygen atoms in total. The Balaban J connectivity index is 1.44. The number of carbonyl (C=O) groups excluding carboxylic acids is 1. The van der Waals surface area contributed by atoms with Crippen LogP contribution in [0.25, 0.3) is 16.6 Å². The van der Waals surface area contributed by atoms with Gasteiger partial charge in [0, 0.05) is 37.9 Å². The van der Waals surface area contributed by atoms with Gasteiger partial charge >= 0.3 is 0 Å². The van der Waals surface area contributed by atoms with Crippen LogP contribution < -0.4 is 5.32 Å². The fraction of sp³-hybridized carbons (Fsp3) is 0.158. The van der Waals surface area contributed by atoms with Crippen molar-refractivity contribution in [1.29, 1.82) is 0 Å². The predicted octanol–water partition coefficient (Wildman–Crippen LogP) is 2.80. The van der Waals surface area contributed by atoms with Gasteiger partial charge in [-0.15, -0.1) is 0 Å². The second-order valence-electron chi connectivity index (χ2n) is 5.84. The molecule has 1 aromatic carbocycles. The van der Waals surface area contributed by atoms with Crippen molar-refractivity contribution in [2.24, 2.45) is 7.05 Å². The van der Waals surface area contributed by atoms with Gasteiger partial charge in [0.15, 0.2) is 0 Å². The number of hydrogen-bond acceptors (Lipinski definition) is 2. The Bertz CT molecular complexity index is 995. The van der Waals surface area contributed by atoms with Crippen LogP contribution >= 0.6 is 0 Å². The minimum Gasteiger partial charge on any atom is -0.352 e. The maximum absolute atomic E-state index is 12.3. The van der Waals surface area contributed by atoms with Gasteiger partial charge in [0.05, 0.1) is 16.6 Å². The van der Waals surface area contributed by atoms with Crippen LogP contribution in [-0.2, 0) is 13.5 Å². The van der Waals surface area contributed by atoms with Gasteiger partial charge in [-0.2, -0.15) is 0 Å². The minimum absolute atomic E-state index is 0.0579. The van der Waals surface area contributed by atoms with Gasteiger partial charge in [-0.3, -0.25) is 4.79 Å². The highest BCUT2D eigenvalue weighted by atomic mass is 16.1. The van der Waals surface area contributed by atoms with Crippen molar-refractivity contribution in [2.75, 3.05) is 6.54 Å². The van der Waals surface area contributed by atoms with Crippen molar-refractivity contribution in [3.8, 4) is 0 Å². The SMILES string of the molecule is Cn1c(CCNC(=O)c2cc3ccccn3c2)nc2ccccc21. The lowest BCUT2D eigenvalue weighted by Gasteiger charge is -2.04. The molecule has 4 aromatic rings. The summed E-state index contributed by atoms with van der Waals surface area (Å²) >= 11 is 0. The number of rotatable bonds is 4.